The number of hydrogen-bond acceptors (Lipinski definition) is 4. The second-order valence-electron chi connectivity index (χ2n) is 4.92. The summed E-state index contributed by atoms with van der Waals surface area (Å²) >= 11 is 0. The van der Waals surface area contributed by atoms with E-state index in [1.54, 1.807) is 27.7 Å². The van der Waals surface area contributed by atoms with Crippen molar-refractivity contribution in [1.29, 1.82) is 0 Å². The van der Waals surface area contributed by atoms with Gasteiger partial charge in [-0.1, -0.05) is 0 Å². The molecule has 0 bridgehead atoms. The molecule has 0 unspecified atom stereocenters. The normalized spacial score (nSPS) is 12.3. The van der Waals surface area contributed by atoms with E-state index in [4.69, 9.17) is 4.74 Å². The smallest absolute Gasteiger partial charge is 0.269 e. The Kier molecular flexibility index (Phi) is 3.43. The highest BCUT2D eigenvalue weighted by Crippen LogP contribution is 2.28. The summed E-state index contributed by atoms with van der Waals surface area (Å²) < 4.78 is 5.63. The Balaban J connectivity index is 2.86. The molecule has 5 heteroatoms. The number of non-ortho nitro benzene ring substituents is 1. The van der Waals surface area contributed by atoms with Crippen LogP contribution in [0.3, 0.4) is 0 Å². The van der Waals surface area contributed by atoms with E-state index in [2.05, 4.69) is 0 Å². The quantitative estimate of drug-likeness (QED) is 0.647. The van der Waals surface area contributed by atoms with Crippen molar-refractivity contribution in [3.63, 3.8) is 0 Å². The van der Waals surface area contributed by atoms with E-state index in [0.717, 1.165) is 0 Å². The number of nitro benzene ring substituents is 1. The number of nitrogens with zero attached hydrogens (tertiary/aromatic N) is 1. The summed E-state index contributed by atoms with van der Waals surface area (Å²) in [5.74, 6) is 0.489. The summed E-state index contributed by atoms with van der Waals surface area (Å²) in [5.41, 5.74) is -1.80. The molecule has 5 nitrogen and oxygen atoms in total. The zero-order valence-corrected chi connectivity index (χ0v) is 10.4. The minimum Gasteiger partial charge on any atom is -0.485 e. The van der Waals surface area contributed by atoms with Crippen LogP contribution < -0.4 is 4.74 Å². The molecule has 0 saturated heterocycles. The first-order valence-electron chi connectivity index (χ1n) is 5.29. The maximum absolute atomic E-state index is 10.5. The fraction of sp³-hybridized carbons (Fsp3) is 0.500. The highest BCUT2D eigenvalue weighted by Gasteiger charge is 2.37. The Morgan fingerprint density at radius 1 is 1.18 bits per heavy atom. The van der Waals surface area contributed by atoms with Crippen molar-refractivity contribution in [1.82, 2.24) is 0 Å². The zero-order chi connectivity index (χ0) is 13.3. The number of nitro groups is 1. The van der Waals surface area contributed by atoms with Crippen LogP contribution in [0.2, 0.25) is 0 Å². The van der Waals surface area contributed by atoms with Crippen molar-refractivity contribution in [2.24, 2.45) is 0 Å². The first-order chi connectivity index (χ1) is 7.63. The molecule has 0 heterocycles. The predicted octanol–water partition coefficient (Wildman–Crippen LogP) is 2.52. The number of aliphatic hydroxyl groups is 1. The topological polar surface area (TPSA) is 72.6 Å². The third kappa shape index (κ3) is 3.17. The molecule has 0 radical (unpaired) electrons. The summed E-state index contributed by atoms with van der Waals surface area (Å²) in [4.78, 5) is 10.0. The molecule has 0 atom stereocenters. The number of ether oxygens (including phenoxy) is 1. The van der Waals surface area contributed by atoms with E-state index < -0.39 is 16.1 Å². The SMILES string of the molecule is CC(C)(O)C(C)(C)Oc1ccc([N+](=O)[O-])cc1. The number of benzene rings is 1. The maximum atomic E-state index is 10.5. The molecule has 0 aromatic heterocycles. The monoisotopic (exact) mass is 239 g/mol. The van der Waals surface area contributed by atoms with E-state index in [9.17, 15) is 15.2 Å². The standard InChI is InChI=1S/C12H17NO4/c1-11(2,14)12(3,4)17-10-7-5-9(6-8-10)13(15)16/h5-8,14H,1-4H3. The lowest BCUT2D eigenvalue weighted by Crippen LogP contribution is -2.49. The van der Waals surface area contributed by atoms with E-state index in [1.165, 1.54) is 24.3 Å². The maximum Gasteiger partial charge on any atom is 0.269 e. The second-order valence-corrected chi connectivity index (χ2v) is 4.92. The molecule has 0 saturated carbocycles. The Morgan fingerprint density at radius 3 is 2.00 bits per heavy atom. The Bertz CT molecular complexity index is 404. The van der Waals surface area contributed by atoms with Crippen LogP contribution in [0.1, 0.15) is 27.7 Å². The van der Waals surface area contributed by atoms with Gasteiger partial charge in [0, 0.05) is 12.1 Å². The van der Waals surface area contributed by atoms with Crippen molar-refractivity contribution in [3.8, 4) is 5.75 Å². The van der Waals surface area contributed by atoms with E-state index in [-0.39, 0.29) is 5.69 Å². The summed E-state index contributed by atoms with van der Waals surface area (Å²) in [7, 11) is 0. The van der Waals surface area contributed by atoms with Gasteiger partial charge < -0.3 is 9.84 Å². The van der Waals surface area contributed by atoms with Gasteiger partial charge in [0.1, 0.15) is 11.4 Å². The average Bonchev–Trinajstić information content (AvgIpc) is 2.16. The lowest BCUT2D eigenvalue weighted by atomic mass is 9.89. The third-order valence-corrected chi connectivity index (χ3v) is 2.89. The molecule has 94 valence electrons. The van der Waals surface area contributed by atoms with E-state index in [1.807, 2.05) is 0 Å². The molecular weight excluding hydrogens is 222 g/mol. The second kappa shape index (κ2) is 4.33. The molecule has 17 heavy (non-hydrogen) atoms. The van der Waals surface area contributed by atoms with Gasteiger partial charge >= 0.3 is 0 Å². The molecule has 0 spiro atoms. The molecule has 0 aliphatic carbocycles. The van der Waals surface area contributed by atoms with Crippen LogP contribution in [0.5, 0.6) is 5.75 Å². The van der Waals surface area contributed by atoms with Crippen LogP contribution >= 0.6 is 0 Å². The van der Waals surface area contributed by atoms with Gasteiger partial charge in [0.15, 0.2) is 0 Å². The van der Waals surface area contributed by atoms with Gasteiger partial charge in [0.2, 0.25) is 0 Å². The highest BCUT2D eigenvalue weighted by molar-refractivity contribution is 5.36. The Labute approximate surface area is 100 Å². The van der Waals surface area contributed by atoms with Gasteiger partial charge in [-0.3, -0.25) is 10.1 Å². The van der Waals surface area contributed by atoms with Crippen molar-refractivity contribution >= 4 is 5.69 Å². The van der Waals surface area contributed by atoms with Crippen LogP contribution in [-0.4, -0.2) is 21.2 Å². The zero-order valence-electron chi connectivity index (χ0n) is 10.4. The molecular formula is C12H17NO4. The molecule has 0 aliphatic heterocycles. The first kappa shape index (κ1) is 13.4. The summed E-state index contributed by atoms with van der Waals surface area (Å²) in [6, 6.07) is 5.78. The van der Waals surface area contributed by atoms with E-state index in [0.29, 0.717) is 5.75 Å². The van der Waals surface area contributed by atoms with Crippen molar-refractivity contribution < 1.29 is 14.8 Å². The largest absolute Gasteiger partial charge is 0.485 e. The fourth-order valence-corrected chi connectivity index (χ4v) is 1.06. The van der Waals surface area contributed by atoms with Crippen molar-refractivity contribution in [3.05, 3.63) is 34.4 Å². The Hall–Kier alpha value is -1.62. The minimum absolute atomic E-state index is 0.0124. The predicted molar refractivity (Wildman–Crippen MR) is 64.1 cm³/mol. The lowest BCUT2D eigenvalue weighted by Gasteiger charge is -2.37. The number of hydrogen-bond donors (Lipinski definition) is 1. The van der Waals surface area contributed by atoms with Gasteiger partial charge in [-0.05, 0) is 39.8 Å². The first-order valence-corrected chi connectivity index (χ1v) is 5.29. The van der Waals surface area contributed by atoms with Crippen molar-refractivity contribution in [2.45, 2.75) is 38.9 Å². The average molecular weight is 239 g/mol. The highest BCUT2D eigenvalue weighted by atomic mass is 16.6. The van der Waals surface area contributed by atoms with Crippen LogP contribution in [0, 0.1) is 10.1 Å². The Morgan fingerprint density at radius 2 is 1.65 bits per heavy atom. The van der Waals surface area contributed by atoms with E-state index >= 15 is 0 Å². The fourth-order valence-electron chi connectivity index (χ4n) is 1.06. The molecule has 1 rings (SSSR count). The minimum atomic E-state index is -1.02. The number of rotatable bonds is 4. The van der Waals surface area contributed by atoms with Crippen LogP contribution in [0.25, 0.3) is 0 Å². The van der Waals surface area contributed by atoms with Crippen LogP contribution in [-0.2, 0) is 0 Å². The van der Waals surface area contributed by atoms with Gasteiger partial charge in [0.05, 0.1) is 10.5 Å². The van der Waals surface area contributed by atoms with Crippen LogP contribution in [0.4, 0.5) is 5.69 Å². The third-order valence-electron chi connectivity index (χ3n) is 2.89. The molecule has 0 amide bonds. The molecule has 0 aliphatic rings. The van der Waals surface area contributed by atoms with Gasteiger partial charge in [0.25, 0.3) is 5.69 Å². The molecule has 1 aromatic carbocycles. The molecule has 0 fully saturated rings. The van der Waals surface area contributed by atoms with Gasteiger partial charge in [-0.15, -0.1) is 0 Å². The van der Waals surface area contributed by atoms with Gasteiger partial charge in [-0.2, -0.15) is 0 Å². The summed E-state index contributed by atoms with van der Waals surface area (Å²) in [5, 5.41) is 20.4. The van der Waals surface area contributed by atoms with Crippen LogP contribution in [0.15, 0.2) is 24.3 Å². The molecule has 1 aromatic rings. The van der Waals surface area contributed by atoms with Crippen molar-refractivity contribution in [2.75, 3.05) is 0 Å². The summed E-state index contributed by atoms with van der Waals surface area (Å²) in [6.07, 6.45) is 0. The lowest BCUT2D eigenvalue weighted by molar-refractivity contribution is -0.384. The summed E-state index contributed by atoms with van der Waals surface area (Å²) in [6.45, 7) is 6.82. The van der Waals surface area contributed by atoms with Gasteiger partial charge in [-0.25, -0.2) is 0 Å². The molecule has 1 N–H and O–H groups in total.